The fourth-order valence-corrected chi connectivity index (χ4v) is 2.71. The lowest BCUT2D eigenvalue weighted by Gasteiger charge is -2.37. The number of carbonyl (C=O) groups is 1. The largest absolute Gasteiger partial charge is 0.468 e. The molecule has 1 fully saturated rings. The van der Waals surface area contributed by atoms with Gasteiger partial charge in [0.2, 0.25) is 0 Å². The Balaban J connectivity index is 2.69. The van der Waals surface area contributed by atoms with Gasteiger partial charge in [-0.1, -0.05) is 39.5 Å². The van der Waals surface area contributed by atoms with Crippen LogP contribution in [-0.2, 0) is 9.53 Å². The zero-order chi connectivity index (χ0) is 12.2. The van der Waals surface area contributed by atoms with Crippen molar-refractivity contribution in [2.75, 3.05) is 7.11 Å². The SMILES string of the molecule is COC(=O)C(N)C(C)(C)C1CCCCCC1. The van der Waals surface area contributed by atoms with Gasteiger partial charge >= 0.3 is 5.97 Å². The molecule has 0 aromatic rings. The maximum atomic E-state index is 11.5. The summed E-state index contributed by atoms with van der Waals surface area (Å²) in [6, 6.07) is -0.499. The van der Waals surface area contributed by atoms with E-state index in [1.807, 2.05) is 0 Å². The Kier molecular flexibility index (Phi) is 4.78. The van der Waals surface area contributed by atoms with Crippen LogP contribution >= 0.6 is 0 Å². The molecule has 0 aromatic carbocycles. The normalized spacial score (nSPS) is 21.2. The maximum Gasteiger partial charge on any atom is 0.323 e. The first-order valence-corrected chi connectivity index (χ1v) is 6.33. The van der Waals surface area contributed by atoms with E-state index in [1.54, 1.807) is 0 Å². The molecule has 0 bridgehead atoms. The highest BCUT2D eigenvalue weighted by atomic mass is 16.5. The van der Waals surface area contributed by atoms with Crippen molar-refractivity contribution >= 4 is 5.97 Å². The molecule has 1 saturated carbocycles. The lowest BCUT2D eigenvalue weighted by molar-refractivity contribution is -0.146. The third-order valence-electron chi connectivity index (χ3n) is 4.16. The molecule has 1 aliphatic carbocycles. The molecule has 0 amide bonds. The van der Waals surface area contributed by atoms with Crippen molar-refractivity contribution in [3.8, 4) is 0 Å². The Morgan fingerprint density at radius 2 is 1.75 bits per heavy atom. The van der Waals surface area contributed by atoms with Crippen LogP contribution in [0.4, 0.5) is 0 Å². The zero-order valence-corrected chi connectivity index (χ0v) is 10.8. The molecule has 0 radical (unpaired) electrons. The summed E-state index contributed by atoms with van der Waals surface area (Å²) in [7, 11) is 1.41. The third-order valence-corrected chi connectivity index (χ3v) is 4.16. The molecular weight excluding hydrogens is 202 g/mol. The number of carbonyl (C=O) groups excluding carboxylic acids is 1. The lowest BCUT2D eigenvalue weighted by Crippen LogP contribution is -2.48. The predicted octanol–water partition coefficient (Wildman–Crippen LogP) is 2.48. The van der Waals surface area contributed by atoms with E-state index in [0.717, 1.165) is 0 Å². The van der Waals surface area contributed by atoms with Gasteiger partial charge in [0.05, 0.1) is 7.11 Å². The van der Waals surface area contributed by atoms with Crippen LogP contribution in [-0.4, -0.2) is 19.1 Å². The summed E-state index contributed by atoms with van der Waals surface area (Å²) < 4.78 is 4.76. The molecule has 1 rings (SSSR count). The first-order valence-electron chi connectivity index (χ1n) is 6.33. The topological polar surface area (TPSA) is 52.3 Å². The average Bonchev–Trinajstić information content (AvgIpc) is 2.55. The highest BCUT2D eigenvalue weighted by Crippen LogP contribution is 2.39. The maximum absolute atomic E-state index is 11.5. The number of esters is 1. The van der Waals surface area contributed by atoms with E-state index in [9.17, 15) is 4.79 Å². The van der Waals surface area contributed by atoms with Gasteiger partial charge in [-0.2, -0.15) is 0 Å². The molecule has 1 atom stereocenters. The van der Waals surface area contributed by atoms with Gasteiger partial charge in [0.25, 0.3) is 0 Å². The predicted molar refractivity (Wildman–Crippen MR) is 65.0 cm³/mol. The van der Waals surface area contributed by atoms with E-state index in [0.29, 0.717) is 5.92 Å². The summed E-state index contributed by atoms with van der Waals surface area (Å²) in [6.45, 7) is 4.20. The minimum Gasteiger partial charge on any atom is -0.468 e. The highest BCUT2D eigenvalue weighted by molar-refractivity contribution is 5.76. The molecular formula is C13H25NO2. The summed E-state index contributed by atoms with van der Waals surface area (Å²) in [5.74, 6) is 0.262. The third kappa shape index (κ3) is 2.97. The summed E-state index contributed by atoms with van der Waals surface area (Å²) in [4.78, 5) is 11.5. The lowest BCUT2D eigenvalue weighted by atomic mass is 9.70. The van der Waals surface area contributed by atoms with Gasteiger partial charge < -0.3 is 10.5 Å². The van der Waals surface area contributed by atoms with Gasteiger partial charge in [-0.25, -0.2) is 0 Å². The van der Waals surface area contributed by atoms with Gasteiger partial charge in [0, 0.05) is 0 Å². The van der Waals surface area contributed by atoms with Crippen molar-refractivity contribution in [1.29, 1.82) is 0 Å². The number of ether oxygens (including phenoxy) is 1. The van der Waals surface area contributed by atoms with Crippen molar-refractivity contribution in [2.24, 2.45) is 17.1 Å². The second-order valence-corrected chi connectivity index (χ2v) is 5.51. The van der Waals surface area contributed by atoms with Gasteiger partial charge in [0.15, 0.2) is 0 Å². The van der Waals surface area contributed by atoms with Gasteiger partial charge in [-0.15, -0.1) is 0 Å². The smallest absolute Gasteiger partial charge is 0.323 e. The van der Waals surface area contributed by atoms with E-state index in [1.165, 1.54) is 45.6 Å². The first kappa shape index (κ1) is 13.5. The summed E-state index contributed by atoms with van der Waals surface area (Å²) in [5.41, 5.74) is 5.86. The molecule has 0 spiro atoms. The van der Waals surface area contributed by atoms with Crippen LogP contribution in [0.2, 0.25) is 0 Å². The molecule has 1 aliphatic rings. The van der Waals surface area contributed by atoms with Crippen molar-refractivity contribution in [1.82, 2.24) is 0 Å². The quantitative estimate of drug-likeness (QED) is 0.595. The van der Waals surface area contributed by atoms with Crippen LogP contribution in [0, 0.1) is 11.3 Å². The average molecular weight is 227 g/mol. The molecule has 3 nitrogen and oxygen atoms in total. The zero-order valence-electron chi connectivity index (χ0n) is 10.8. The second-order valence-electron chi connectivity index (χ2n) is 5.51. The summed E-state index contributed by atoms with van der Waals surface area (Å²) in [5, 5.41) is 0. The standard InChI is InChI=1S/C13H25NO2/c1-13(2,11(14)12(15)16-3)10-8-6-4-5-7-9-10/h10-11H,4-9,14H2,1-3H3. The van der Waals surface area contributed by atoms with E-state index < -0.39 is 6.04 Å². The molecule has 1 unspecified atom stereocenters. The van der Waals surface area contributed by atoms with Gasteiger partial charge in [-0.3, -0.25) is 4.79 Å². The Bertz CT molecular complexity index is 230. The monoisotopic (exact) mass is 227 g/mol. The first-order chi connectivity index (χ1) is 7.50. The van der Waals surface area contributed by atoms with Crippen molar-refractivity contribution in [2.45, 2.75) is 58.4 Å². The van der Waals surface area contributed by atoms with Crippen molar-refractivity contribution in [3.63, 3.8) is 0 Å². The molecule has 0 heterocycles. The van der Waals surface area contributed by atoms with Gasteiger partial charge in [-0.05, 0) is 24.2 Å². The molecule has 0 aromatic heterocycles. The molecule has 0 saturated heterocycles. The fraction of sp³-hybridized carbons (Fsp3) is 0.923. The Morgan fingerprint density at radius 1 is 1.25 bits per heavy atom. The fourth-order valence-electron chi connectivity index (χ4n) is 2.71. The minimum atomic E-state index is -0.499. The van der Waals surface area contributed by atoms with Crippen LogP contribution in [0.1, 0.15) is 52.4 Å². The van der Waals surface area contributed by atoms with Crippen LogP contribution < -0.4 is 5.73 Å². The van der Waals surface area contributed by atoms with E-state index >= 15 is 0 Å². The van der Waals surface area contributed by atoms with Crippen LogP contribution in [0.15, 0.2) is 0 Å². The minimum absolute atomic E-state index is 0.155. The Hall–Kier alpha value is -0.570. The Morgan fingerprint density at radius 3 is 2.19 bits per heavy atom. The summed E-state index contributed by atoms with van der Waals surface area (Å²) >= 11 is 0. The second kappa shape index (κ2) is 5.67. The highest BCUT2D eigenvalue weighted by Gasteiger charge is 2.39. The molecule has 0 aliphatic heterocycles. The number of rotatable bonds is 3. The van der Waals surface area contributed by atoms with Gasteiger partial charge in [0.1, 0.15) is 6.04 Å². The van der Waals surface area contributed by atoms with Crippen LogP contribution in [0.25, 0.3) is 0 Å². The number of methoxy groups -OCH3 is 1. The number of hydrogen-bond acceptors (Lipinski definition) is 3. The summed E-state index contributed by atoms with van der Waals surface area (Å²) in [6.07, 6.45) is 7.56. The van der Waals surface area contributed by atoms with Crippen LogP contribution in [0.3, 0.4) is 0 Å². The van der Waals surface area contributed by atoms with E-state index in [-0.39, 0.29) is 11.4 Å². The number of nitrogens with two attached hydrogens (primary N) is 1. The van der Waals surface area contributed by atoms with Crippen LogP contribution in [0.5, 0.6) is 0 Å². The Labute approximate surface area is 98.7 Å². The molecule has 16 heavy (non-hydrogen) atoms. The van der Waals surface area contributed by atoms with E-state index in [2.05, 4.69) is 13.8 Å². The van der Waals surface area contributed by atoms with Crippen molar-refractivity contribution in [3.05, 3.63) is 0 Å². The molecule has 94 valence electrons. The number of hydrogen-bond donors (Lipinski definition) is 1. The molecule has 3 heteroatoms. The molecule has 2 N–H and O–H groups in total. The van der Waals surface area contributed by atoms with Crippen molar-refractivity contribution < 1.29 is 9.53 Å². The van der Waals surface area contributed by atoms with E-state index in [4.69, 9.17) is 10.5 Å².